The van der Waals surface area contributed by atoms with Gasteiger partial charge in [-0.05, 0) is 18.3 Å². The van der Waals surface area contributed by atoms with Gasteiger partial charge < -0.3 is 0 Å². The Morgan fingerprint density at radius 3 is 2.00 bits per heavy atom. The minimum absolute atomic E-state index is 0.00463. The summed E-state index contributed by atoms with van der Waals surface area (Å²) in [6, 6.07) is 0. The van der Waals surface area contributed by atoms with E-state index in [-0.39, 0.29) is 10.5 Å². The van der Waals surface area contributed by atoms with Crippen molar-refractivity contribution in [1.82, 2.24) is 0 Å². The van der Waals surface area contributed by atoms with Crippen LogP contribution in [0.1, 0.15) is 0 Å². The molecule has 0 saturated carbocycles. The number of nitrogens with zero attached hydrogens (tertiary/aromatic N) is 2. The number of hydrogen-bond acceptors (Lipinski definition) is 1. The zero-order valence-electron chi connectivity index (χ0n) is 4.06. The largest absolute Gasteiger partial charge is 0.234 e. The molecule has 0 aromatic carbocycles. The normalized spacial score (nSPS) is 11.0. The first-order valence-corrected chi connectivity index (χ1v) is 2.47. The lowest BCUT2D eigenvalue weighted by Gasteiger charge is -1.82. The third-order valence-electron chi connectivity index (χ3n) is 0.344. The van der Waals surface area contributed by atoms with E-state index in [2.05, 4.69) is 23.3 Å². The van der Waals surface area contributed by atoms with E-state index in [1.807, 2.05) is 0 Å². The molecular formula is C4H4Cl2N2. The molecule has 0 aromatic rings. The molecule has 0 aromatic heterocycles. The summed E-state index contributed by atoms with van der Waals surface area (Å²) in [4.78, 5) is 6.67. The highest BCUT2D eigenvalue weighted by Crippen LogP contribution is 2.00. The summed E-state index contributed by atoms with van der Waals surface area (Å²) in [6.45, 7) is 6.35. The van der Waals surface area contributed by atoms with Crippen LogP contribution in [0.4, 0.5) is 0 Å². The fraction of sp³-hybridized carbons (Fsp3) is 0. The lowest BCUT2D eigenvalue weighted by atomic mass is 11.0. The highest BCUT2D eigenvalue weighted by atomic mass is 35.5. The Kier molecular flexibility index (Phi) is 3.48. The molecule has 0 radical (unpaired) electrons. The van der Waals surface area contributed by atoms with Crippen molar-refractivity contribution in [1.29, 1.82) is 0 Å². The van der Waals surface area contributed by atoms with Gasteiger partial charge in [0.1, 0.15) is 5.16 Å². The predicted octanol–water partition coefficient (Wildman–Crippen LogP) is 1.99. The molecule has 0 aliphatic rings. The molecule has 0 heterocycles. The quantitative estimate of drug-likeness (QED) is 0.311. The van der Waals surface area contributed by atoms with Crippen molar-refractivity contribution >= 4 is 35.2 Å². The molecule has 0 fully saturated rings. The SMILES string of the molecule is C=NC(Cl)=NC(=C)Cl. The first-order chi connectivity index (χ1) is 3.66. The fourth-order valence-corrected chi connectivity index (χ4v) is 0.361. The van der Waals surface area contributed by atoms with Gasteiger partial charge in [0.15, 0.2) is 0 Å². The van der Waals surface area contributed by atoms with Crippen LogP contribution in [-0.4, -0.2) is 12.0 Å². The van der Waals surface area contributed by atoms with Gasteiger partial charge in [-0.3, -0.25) is 0 Å². The Balaban J connectivity index is 3.94. The second kappa shape index (κ2) is 3.64. The van der Waals surface area contributed by atoms with E-state index in [1.54, 1.807) is 0 Å². The van der Waals surface area contributed by atoms with E-state index >= 15 is 0 Å². The van der Waals surface area contributed by atoms with Gasteiger partial charge in [0.25, 0.3) is 0 Å². The molecule has 8 heavy (non-hydrogen) atoms. The molecule has 0 N–H and O–H groups in total. The summed E-state index contributed by atoms with van der Waals surface area (Å²) in [5.74, 6) is 0. The monoisotopic (exact) mass is 150 g/mol. The average molecular weight is 151 g/mol. The van der Waals surface area contributed by atoms with Crippen LogP contribution in [0.25, 0.3) is 0 Å². The van der Waals surface area contributed by atoms with Crippen LogP contribution in [0.5, 0.6) is 0 Å². The van der Waals surface area contributed by atoms with Crippen molar-refractivity contribution in [2.75, 3.05) is 0 Å². The second-order valence-corrected chi connectivity index (χ2v) is 1.69. The lowest BCUT2D eigenvalue weighted by molar-refractivity contribution is 1.52. The molecular weight excluding hydrogens is 147 g/mol. The summed E-state index contributed by atoms with van der Waals surface area (Å²) < 4.78 is 0. The molecule has 0 aliphatic heterocycles. The van der Waals surface area contributed by atoms with Gasteiger partial charge >= 0.3 is 0 Å². The standard InChI is InChI=1S/C4H4Cl2N2/c1-3(5)8-4(6)7-2/h1-2H2. The van der Waals surface area contributed by atoms with Crippen molar-refractivity contribution in [3.8, 4) is 0 Å². The summed E-state index contributed by atoms with van der Waals surface area (Å²) >= 11 is 10.4. The van der Waals surface area contributed by atoms with Crippen molar-refractivity contribution in [3.63, 3.8) is 0 Å². The number of amidine groups is 1. The van der Waals surface area contributed by atoms with Gasteiger partial charge in [0, 0.05) is 0 Å². The zero-order valence-corrected chi connectivity index (χ0v) is 5.58. The molecule has 44 valence electrons. The van der Waals surface area contributed by atoms with Gasteiger partial charge in [-0.15, -0.1) is 0 Å². The molecule has 4 heteroatoms. The van der Waals surface area contributed by atoms with Gasteiger partial charge in [-0.25, -0.2) is 9.98 Å². The van der Waals surface area contributed by atoms with Crippen molar-refractivity contribution < 1.29 is 0 Å². The van der Waals surface area contributed by atoms with Crippen LogP contribution in [0, 0.1) is 0 Å². The zero-order chi connectivity index (χ0) is 6.57. The number of rotatable bonds is 1. The summed E-state index contributed by atoms with van der Waals surface area (Å²) in [5, 5.41) is 0.104. The Hall–Kier alpha value is -0.340. The smallest absolute Gasteiger partial charge is 0.223 e. The first kappa shape index (κ1) is 7.66. The maximum atomic E-state index is 5.24. The second-order valence-electron chi connectivity index (χ2n) is 0.915. The van der Waals surface area contributed by atoms with Crippen molar-refractivity contribution in [2.24, 2.45) is 9.98 Å². The van der Waals surface area contributed by atoms with Crippen LogP contribution in [0.2, 0.25) is 0 Å². The van der Waals surface area contributed by atoms with Crippen molar-refractivity contribution in [3.05, 3.63) is 11.7 Å². The van der Waals surface area contributed by atoms with Gasteiger partial charge in [-0.2, -0.15) is 0 Å². The van der Waals surface area contributed by atoms with Gasteiger partial charge in [-0.1, -0.05) is 18.2 Å². The molecule has 0 atom stereocenters. The Bertz CT molecular complexity index is 139. The van der Waals surface area contributed by atoms with Gasteiger partial charge in [0.05, 0.1) is 0 Å². The first-order valence-electron chi connectivity index (χ1n) is 1.72. The van der Waals surface area contributed by atoms with E-state index in [0.29, 0.717) is 0 Å². The van der Waals surface area contributed by atoms with E-state index < -0.39 is 0 Å². The van der Waals surface area contributed by atoms with Gasteiger partial charge in [0.2, 0.25) is 5.29 Å². The summed E-state index contributed by atoms with van der Waals surface area (Å²) in [7, 11) is 0. The Morgan fingerprint density at radius 2 is 1.88 bits per heavy atom. The average Bonchev–Trinajstić information content (AvgIpc) is 1.65. The third-order valence-corrected chi connectivity index (χ3v) is 0.633. The Labute approximate surface area is 57.5 Å². The van der Waals surface area contributed by atoms with Crippen LogP contribution in [0.3, 0.4) is 0 Å². The molecule has 0 bridgehead atoms. The number of aliphatic imine (C=N–C) groups is 2. The topological polar surface area (TPSA) is 24.7 Å². The van der Waals surface area contributed by atoms with Crippen LogP contribution < -0.4 is 0 Å². The van der Waals surface area contributed by atoms with Crippen molar-refractivity contribution in [2.45, 2.75) is 0 Å². The maximum absolute atomic E-state index is 5.24. The summed E-state index contributed by atoms with van der Waals surface area (Å²) in [5.41, 5.74) is 0. The minimum atomic E-state index is 0.00463. The third kappa shape index (κ3) is 3.84. The lowest BCUT2D eigenvalue weighted by Crippen LogP contribution is -1.75. The molecule has 0 unspecified atom stereocenters. The Morgan fingerprint density at radius 1 is 1.38 bits per heavy atom. The number of hydrogen-bond donors (Lipinski definition) is 0. The van der Waals surface area contributed by atoms with E-state index in [4.69, 9.17) is 23.2 Å². The van der Waals surface area contributed by atoms with E-state index in [1.165, 1.54) is 0 Å². The highest BCUT2D eigenvalue weighted by Gasteiger charge is 1.84. The molecule has 0 saturated heterocycles. The van der Waals surface area contributed by atoms with Crippen LogP contribution >= 0.6 is 23.2 Å². The molecule has 0 spiro atoms. The predicted molar refractivity (Wildman–Crippen MR) is 37.8 cm³/mol. The molecule has 2 nitrogen and oxygen atoms in total. The molecule has 0 rings (SSSR count). The van der Waals surface area contributed by atoms with Crippen LogP contribution in [-0.2, 0) is 0 Å². The fourth-order valence-electron chi connectivity index (χ4n) is 0.135. The number of halogens is 2. The summed E-state index contributed by atoms with van der Waals surface area (Å²) in [6.07, 6.45) is 0. The minimum Gasteiger partial charge on any atom is -0.234 e. The highest BCUT2D eigenvalue weighted by molar-refractivity contribution is 6.65. The van der Waals surface area contributed by atoms with E-state index in [9.17, 15) is 0 Å². The molecule has 0 aliphatic carbocycles. The molecule has 0 amide bonds. The van der Waals surface area contributed by atoms with E-state index in [0.717, 1.165) is 0 Å². The van der Waals surface area contributed by atoms with Crippen LogP contribution in [0.15, 0.2) is 21.7 Å². The maximum Gasteiger partial charge on any atom is 0.223 e.